The molecule has 1 amide bonds. The smallest absolute Gasteiger partial charge is 0.236 e. The molecule has 0 aliphatic carbocycles. The molecule has 1 aromatic heterocycles. The first-order valence-corrected chi connectivity index (χ1v) is 12.0. The van der Waals surface area contributed by atoms with Gasteiger partial charge >= 0.3 is 0 Å². The molecular formula is C26H32N6O. The topological polar surface area (TPSA) is 57.5 Å². The molecule has 3 heterocycles. The van der Waals surface area contributed by atoms with Crippen LogP contribution in [-0.2, 0) is 4.79 Å². The second-order valence-corrected chi connectivity index (χ2v) is 9.02. The van der Waals surface area contributed by atoms with Gasteiger partial charge in [-0.2, -0.15) is 5.10 Å². The Labute approximate surface area is 195 Å². The minimum absolute atomic E-state index is 0.223. The molecular weight excluding hydrogens is 412 g/mol. The molecule has 2 aliphatic heterocycles. The van der Waals surface area contributed by atoms with E-state index in [1.165, 1.54) is 11.1 Å². The number of rotatable bonds is 6. The zero-order chi connectivity index (χ0) is 22.5. The molecule has 3 aromatic rings. The summed E-state index contributed by atoms with van der Waals surface area (Å²) in [6.45, 7) is 5.71. The predicted molar refractivity (Wildman–Crippen MR) is 128 cm³/mol. The Morgan fingerprint density at radius 1 is 0.848 bits per heavy atom. The summed E-state index contributed by atoms with van der Waals surface area (Å²) < 4.78 is 1.95. The zero-order valence-electron chi connectivity index (χ0n) is 19.0. The largest absolute Gasteiger partial charge is 0.339 e. The van der Waals surface area contributed by atoms with E-state index in [0.29, 0.717) is 12.6 Å². The van der Waals surface area contributed by atoms with Crippen LogP contribution in [0.3, 0.4) is 0 Å². The molecule has 0 spiro atoms. The third-order valence-corrected chi connectivity index (χ3v) is 6.99. The highest BCUT2D eigenvalue weighted by atomic mass is 16.2. The summed E-state index contributed by atoms with van der Waals surface area (Å²) >= 11 is 0. The van der Waals surface area contributed by atoms with Crippen LogP contribution < -0.4 is 0 Å². The molecule has 5 rings (SSSR count). The van der Waals surface area contributed by atoms with Crippen LogP contribution in [0.15, 0.2) is 73.3 Å². The minimum atomic E-state index is 0.223. The molecule has 2 fully saturated rings. The Balaban J connectivity index is 1.16. The third-order valence-electron chi connectivity index (χ3n) is 6.99. The number of hydrogen-bond acceptors (Lipinski definition) is 5. The van der Waals surface area contributed by atoms with E-state index in [9.17, 15) is 4.79 Å². The van der Waals surface area contributed by atoms with Gasteiger partial charge in [0.1, 0.15) is 12.7 Å². The van der Waals surface area contributed by atoms with Crippen LogP contribution in [0.4, 0.5) is 0 Å². The van der Waals surface area contributed by atoms with Gasteiger partial charge in [-0.05, 0) is 24.0 Å². The summed E-state index contributed by atoms with van der Waals surface area (Å²) in [5.74, 6) is 0.254. The van der Waals surface area contributed by atoms with Crippen LogP contribution in [0.25, 0.3) is 0 Å². The zero-order valence-corrected chi connectivity index (χ0v) is 19.0. The Bertz CT molecular complexity index is 954. The van der Waals surface area contributed by atoms with Gasteiger partial charge in [0.15, 0.2) is 0 Å². The lowest BCUT2D eigenvalue weighted by Crippen LogP contribution is -2.52. The predicted octanol–water partition coefficient (Wildman–Crippen LogP) is 2.85. The summed E-state index contributed by atoms with van der Waals surface area (Å²) in [5.41, 5.74) is 2.61. The van der Waals surface area contributed by atoms with Crippen molar-refractivity contribution in [2.45, 2.75) is 24.9 Å². The van der Waals surface area contributed by atoms with Crippen molar-refractivity contribution in [2.75, 3.05) is 45.8 Å². The number of aromatic nitrogens is 3. The average Bonchev–Trinajstić information content (AvgIpc) is 3.42. The van der Waals surface area contributed by atoms with Crippen LogP contribution >= 0.6 is 0 Å². The van der Waals surface area contributed by atoms with Crippen molar-refractivity contribution in [3.63, 3.8) is 0 Å². The Kier molecular flexibility index (Phi) is 6.79. The summed E-state index contributed by atoms with van der Waals surface area (Å²) in [4.78, 5) is 23.9. The average molecular weight is 445 g/mol. The highest BCUT2D eigenvalue weighted by Gasteiger charge is 2.29. The van der Waals surface area contributed by atoms with Crippen molar-refractivity contribution in [3.8, 4) is 0 Å². The second-order valence-electron chi connectivity index (χ2n) is 9.02. The number of piperidine rings is 1. The monoisotopic (exact) mass is 444 g/mol. The Hall–Kier alpha value is -3.03. The molecule has 0 saturated carbocycles. The normalized spacial score (nSPS) is 18.6. The first-order valence-electron chi connectivity index (χ1n) is 12.0. The molecule has 2 aliphatic rings. The maximum absolute atomic E-state index is 13.0. The van der Waals surface area contributed by atoms with Gasteiger partial charge in [-0.1, -0.05) is 60.7 Å². The first kappa shape index (κ1) is 21.8. The number of carbonyl (C=O) groups is 1. The molecule has 33 heavy (non-hydrogen) atoms. The Morgan fingerprint density at radius 2 is 1.45 bits per heavy atom. The van der Waals surface area contributed by atoms with Crippen molar-refractivity contribution in [1.82, 2.24) is 29.5 Å². The molecule has 0 atom stereocenters. The van der Waals surface area contributed by atoms with E-state index in [1.54, 1.807) is 12.7 Å². The van der Waals surface area contributed by atoms with Crippen molar-refractivity contribution in [2.24, 2.45) is 0 Å². The van der Waals surface area contributed by atoms with E-state index >= 15 is 0 Å². The molecule has 2 saturated heterocycles. The van der Waals surface area contributed by atoms with E-state index < -0.39 is 0 Å². The van der Waals surface area contributed by atoms with Gasteiger partial charge in [0.25, 0.3) is 0 Å². The van der Waals surface area contributed by atoms with Gasteiger partial charge in [-0.15, -0.1) is 0 Å². The SMILES string of the molecule is O=C(CN1CCC(n2cncn2)CC1)N1CCN(C(c2ccccc2)c2ccccc2)CC1. The lowest BCUT2D eigenvalue weighted by atomic mass is 9.96. The van der Waals surface area contributed by atoms with Crippen LogP contribution in [-0.4, -0.2) is 81.2 Å². The van der Waals surface area contributed by atoms with Crippen LogP contribution in [0, 0.1) is 0 Å². The first-order chi connectivity index (χ1) is 16.3. The number of amides is 1. The summed E-state index contributed by atoms with van der Waals surface area (Å²) in [5, 5.41) is 4.27. The molecule has 0 N–H and O–H groups in total. The number of piperazine rings is 1. The lowest BCUT2D eigenvalue weighted by Gasteiger charge is -2.40. The van der Waals surface area contributed by atoms with Crippen LogP contribution in [0.5, 0.6) is 0 Å². The standard InChI is InChI=1S/C26H32N6O/c33-25(19-29-13-11-24(12-14-29)32-21-27-20-28-32)30-15-17-31(18-16-30)26(22-7-3-1-4-8-22)23-9-5-2-6-10-23/h1-10,20-21,24,26H,11-19H2. The van der Waals surface area contributed by atoms with E-state index in [4.69, 9.17) is 0 Å². The molecule has 2 aromatic carbocycles. The molecule has 172 valence electrons. The number of likely N-dealkylation sites (tertiary alicyclic amines) is 1. The maximum atomic E-state index is 13.0. The van der Waals surface area contributed by atoms with Gasteiger partial charge in [-0.3, -0.25) is 14.6 Å². The number of carbonyl (C=O) groups excluding carboxylic acids is 1. The fraction of sp³-hybridized carbons (Fsp3) is 0.423. The van der Waals surface area contributed by atoms with Crippen LogP contribution in [0.1, 0.15) is 36.1 Å². The molecule has 0 radical (unpaired) electrons. The summed E-state index contributed by atoms with van der Waals surface area (Å²) in [6.07, 6.45) is 5.42. The molecule has 0 unspecified atom stereocenters. The van der Waals surface area contributed by atoms with Gasteiger partial charge < -0.3 is 4.90 Å². The number of benzene rings is 2. The van der Waals surface area contributed by atoms with E-state index in [2.05, 4.69) is 80.5 Å². The quantitative estimate of drug-likeness (QED) is 0.585. The summed E-state index contributed by atoms with van der Waals surface area (Å²) in [7, 11) is 0. The van der Waals surface area contributed by atoms with Crippen LogP contribution in [0.2, 0.25) is 0 Å². The van der Waals surface area contributed by atoms with Gasteiger partial charge in [-0.25, -0.2) is 9.67 Å². The number of nitrogens with zero attached hydrogens (tertiary/aromatic N) is 6. The van der Waals surface area contributed by atoms with Gasteiger partial charge in [0.05, 0.1) is 18.6 Å². The fourth-order valence-electron chi connectivity index (χ4n) is 5.15. The second kappa shape index (κ2) is 10.3. The van der Waals surface area contributed by atoms with Gasteiger partial charge in [0.2, 0.25) is 5.91 Å². The van der Waals surface area contributed by atoms with Crippen molar-refractivity contribution in [3.05, 3.63) is 84.4 Å². The van der Waals surface area contributed by atoms with Gasteiger partial charge in [0, 0.05) is 39.3 Å². The summed E-state index contributed by atoms with van der Waals surface area (Å²) in [6, 6.07) is 22.0. The van der Waals surface area contributed by atoms with Crippen molar-refractivity contribution >= 4 is 5.91 Å². The van der Waals surface area contributed by atoms with E-state index in [0.717, 1.165) is 52.1 Å². The highest BCUT2D eigenvalue weighted by Crippen LogP contribution is 2.29. The molecule has 7 nitrogen and oxygen atoms in total. The van der Waals surface area contributed by atoms with E-state index in [-0.39, 0.29) is 11.9 Å². The Morgan fingerprint density at radius 3 is 2.00 bits per heavy atom. The molecule has 0 bridgehead atoms. The van der Waals surface area contributed by atoms with Crippen molar-refractivity contribution in [1.29, 1.82) is 0 Å². The minimum Gasteiger partial charge on any atom is -0.339 e. The van der Waals surface area contributed by atoms with E-state index in [1.807, 2.05) is 9.58 Å². The van der Waals surface area contributed by atoms with Crippen molar-refractivity contribution < 1.29 is 4.79 Å². The number of hydrogen-bond donors (Lipinski definition) is 0. The third kappa shape index (κ3) is 5.15. The lowest BCUT2D eigenvalue weighted by molar-refractivity contribution is -0.134. The highest BCUT2D eigenvalue weighted by molar-refractivity contribution is 5.78. The maximum Gasteiger partial charge on any atom is 0.236 e. The fourth-order valence-corrected chi connectivity index (χ4v) is 5.15. The molecule has 7 heteroatoms.